The number of hydrogen-bond donors (Lipinski definition) is 0. The standard InChI is InChI=1S/C20H41Cl3O5Si/c1-24-12-13-26-16-17-28-19-18-27-15-14-25-11-9-7-5-3-2-4-6-8-10-20-29(21,22)23/h2-20H2,1H3. The van der Waals surface area contributed by atoms with Crippen LogP contribution in [0, 0.1) is 0 Å². The van der Waals surface area contributed by atoms with Crippen molar-refractivity contribution in [3.05, 3.63) is 0 Å². The van der Waals surface area contributed by atoms with E-state index in [0.717, 1.165) is 25.5 Å². The third-order valence-electron chi connectivity index (χ3n) is 4.30. The Balaban J connectivity index is 3.02. The van der Waals surface area contributed by atoms with E-state index in [2.05, 4.69) is 0 Å². The molecule has 0 aromatic rings. The number of halogens is 3. The maximum absolute atomic E-state index is 5.87. The zero-order valence-electron chi connectivity index (χ0n) is 18.1. The molecule has 0 amide bonds. The fourth-order valence-corrected chi connectivity index (χ4v) is 4.52. The van der Waals surface area contributed by atoms with Crippen molar-refractivity contribution in [3.8, 4) is 0 Å². The van der Waals surface area contributed by atoms with Gasteiger partial charge in [-0.2, -0.15) is 0 Å². The van der Waals surface area contributed by atoms with Gasteiger partial charge in [0.25, 0.3) is 0 Å². The van der Waals surface area contributed by atoms with Crippen LogP contribution in [0.3, 0.4) is 0 Å². The van der Waals surface area contributed by atoms with E-state index >= 15 is 0 Å². The minimum Gasteiger partial charge on any atom is -0.382 e. The molecular formula is C20H41Cl3O5Si. The Morgan fingerprint density at radius 3 is 1.21 bits per heavy atom. The summed E-state index contributed by atoms with van der Waals surface area (Å²) in [5.74, 6) is 0. The van der Waals surface area contributed by atoms with Gasteiger partial charge in [-0.25, -0.2) is 0 Å². The van der Waals surface area contributed by atoms with E-state index in [1.54, 1.807) is 7.11 Å². The molecule has 176 valence electrons. The minimum absolute atomic E-state index is 0.585. The Morgan fingerprint density at radius 1 is 0.448 bits per heavy atom. The second-order valence-corrected chi connectivity index (χ2v) is 16.3. The molecule has 0 unspecified atom stereocenters. The monoisotopic (exact) mass is 494 g/mol. The summed E-state index contributed by atoms with van der Waals surface area (Å²) >= 11 is 17.6. The zero-order chi connectivity index (χ0) is 21.5. The second kappa shape index (κ2) is 23.5. The maximum atomic E-state index is 5.87. The fourth-order valence-electron chi connectivity index (χ4n) is 2.67. The van der Waals surface area contributed by atoms with E-state index in [1.165, 1.54) is 44.9 Å². The molecule has 5 nitrogen and oxygen atoms in total. The first-order valence-corrected chi connectivity index (χ1v) is 16.2. The molecule has 0 bridgehead atoms. The molecule has 0 aromatic carbocycles. The Hall–Kier alpha value is 0.887. The van der Waals surface area contributed by atoms with E-state index in [1.807, 2.05) is 0 Å². The van der Waals surface area contributed by atoms with Gasteiger partial charge in [0, 0.05) is 13.7 Å². The van der Waals surface area contributed by atoms with Gasteiger partial charge in [-0.3, -0.25) is 0 Å². The lowest BCUT2D eigenvalue weighted by Crippen LogP contribution is -2.13. The van der Waals surface area contributed by atoms with E-state index in [-0.39, 0.29) is 0 Å². The predicted octanol–water partition coefficient (Wildman–Crippen LogP) is 5.87. The summed E-state index contributed by atoms with van der Waals surface area (Å²) in [6.45, 7) is 5.66. The van der Waals surface area contributed by atoms with Crippen LogP contribution in [-0.2, 0) is 23.7 Å². The third kappa shape index (κ3) is 28.9. The van der Waals surface area contributed by atoms with E-state index < -0.39 is 6.00 Å². The highest BCUT2D eigenvalue weighted by atomic mass is 35.8. The van der Waals surface area contributed by atoms with Gasteiger partial charge in [-0.15, -0.1) is 33.2 Å². The van der Waals surface area contributed by atoms with Gasteiger partial charge in [-0.05, 0) is 12.5 Å². The average Bonchev–Trinajstić information content (AvgIpc) is 2.67. The van der Waals surface area contributed by atoms with Crippen LogP contribution < -0.4 is 0 Å². The van der Waals surface area contributed by atoms with Crippen molar-refractivity contribution >= 4 is 39.2 Å². The number of ether oxygens (including phenoxy) is 5. The largest absolute Gasteiger partial charge is 0.382 e. The Morgan fingerprint density at radius 2 is 0.793 bits per heavy atom. The fraction of sp³-hybridized carbons (Fsp3) is 1.00. The first-order valence-electron chi connectivity index (χ1n) is 10.9. The highest BCUT2D eigenvalue weighted by Crippen LogP contribution is 2.27. The highest BCUT2D eigenvalue weighted by molar-refractivity contribution is 7.64. The average molecular weight is 496 g/mol. The lowest BCUT2D eigenvalue weighted by atomic mass is 10.1. The van der Waals surface area contributed by atoms with Crippen LogP contribution in [0.2, 0.25) is 6.04 Å². The summed E-state index contributed by atoms with van der Waals surface area (Å²) in [6, 6.07) is -1.60. The zero-order valence-corrected chi connectivity index (χ0v) is 21.4. The summed E-state index contributed by atoms with van der Waals surface area (Å²) in [4.78, 5) is 0. The van der Waals surface area contributed by atoms with Gasteiger partial charge in [-0.1, -0.05) is 51.4 Å². The quantitative estimate of drug-likeness (QED) is 0.0952. The van der Waals surface area contributed by atoms with Crippen molar-refractivity contribution in [1.29, 1.82) is 0 Å². The number of unbranched alkanes of at least 4 members (excludes halogenated alkanes) is 8. The third-order valence-corrected chi connectivity index (χ3v) is 6.92. The molecule has 0 saturated carbocycles. The summed E-state index contributed by atoms with van der Waals surface area (Å²) in [6.07, 6.45) is 11.0. The topological polar surface area (TPSA) is 46.2 Å². The molecule has 0 aliphatic heterocycles. The Bertz CT molecular complexity index is 323. The molecule has 0 fully saturated rings. The molecular weight excluding hydrogens is 455 g/mol. The smallest absolute Gasteiger partial charge is 0.341 e. The SMILES string of the molecule is COCCOCCOCCOCCOCCCCCCCCCCC[Si](Cl)(Cl)Cl. The summed E-state index contributed by atoms with van der Waals surface area (Å²) in [7, 11) is 1.66. The Labute approximate surface area is 193 Å². The molecule has 0 aliphatic carbocycles. The lowest BCUT2D eigenvalue weighted by molar-refractivity contribution is -0.00800. The first-order chi connectivity index (χ1) is 14.1. The van der Waals surface area contributed by atoms with Crippen LogP contribution in [0.5, 0.6) is 0 Å². The minimum atomic E-state index is -2.39. The molecule has 0 N–H and O–H groups in total. The van der Waals surface area contributed by atoms with Crippen LogP contribution in [0.15, 0.2) is 0 Å². The van der Waals surface area contributed by atoms with Gasteiger partial charge < -0.3 is 23.7 Å². The molecule has 0 atom stereocenters. The van der Waals surface area contributed by atoms with Crippen molar-refractivity contribution < 1.29 is 23.7 Å². The first kappa shape index (κ1) is 29.9. The lowest BCUT2D eigenvalue weighted by Gasteiger charge is -2.08. The molecule has 0 rings (SSSR count). The molecule has 0 heterocycles. The van der Waals surface area contributed by atoms with Gasteiger partial charge in [0.05, 0.1) is 52.9 Å². The van der Waals surface area contributed by atoms with E-state index in [9.17, 15) is 0 Å². The number of methoxy groups -OCH3 is 1. The van der Waals surface area contributed by atoms with Gasteiger partial charge in [0.1, 0.15) is 0 Å². The summed E-state index contributed by atoms with van der Waals surface area (Å²) in [5.41, 5.74) is 0. The maximum Gasteiger partial charge on any atom is 0.341 e. The van der Waals surface area contributed by atoms with Gasteiger partial charge in [0.2, 0.25) is 0 Å². The molecule has 0 spiro atoms. The normalized spacial score (nSPS) is 12.0. The molecule has 9 heteroatoms. The number of hydrogen-bond acceptors (Lipinski definition) is 5. The van der Waals surface area contributed by atoms with Crippen molar-refractivity contribution in [2.75, 3.05) is 66.6 Å². The predicted molar refractivity (Wildman–Crippen MR) is 125 cm³/mol. The Kier molecular flexibility index (Phi) is 24.3. The second-order valence-electron chi connectivity index (χ2n) is 6.99. The van der Waals surface area contributed by atoms with Gasteiger partial charge in [0.15, 0.2) is 0 Å². The molecule has 0 aromatic heterocycles. The van der Waals surface area contributed by atoms with Crippen LogP contribution in [0.4, 0.5) is 0 Å². The van der Waals surface area contributed by atoms with Crippen LogP contribution >= 0.6 is 33.2 Å². The molecule has 0 radical (unpaired) electrons. The highest BCUT2D eigenvalue weighted by Gasteiger charge is 2.23. The van der Waals surface area contributed by atoms with E-state index in [0.29, 0.717) is 52.9 Å². The van der Waals surface area contributed by atoms with Crippen molar-refractivity contribution in [2.45, 2.75) is 63.8 Å². The van der Waals surface area contributed by atoms with Crippen molar-refractivity contribution in [1.82, 2.24) is 0 Å². The van der Waals surface area contributed by atoms with E-state index in [4.69, 9.17) is 56.9 Å². The van der Waals surface area contributed by atoms with Gasteiger partial charge >= 0.3 is 6.00 Å². The van der Waals surface area contributed by atoms with Crippen molar-refractivity contribution in [2.24, 2.45) is 0 Å². The molecule has 29 heavy (non-hydrogen) atoms. The van der Waals surface area contributed by atoms with Crippen LogP contribution in [0.1, 0.15) is 57.8 Å². The van der Waals surface area contributed by atoms with Crippen LogP contribution in [0.25, 0.3) is 0 Å². The van der Waals surface area contributed by atoms with Crippen molar-refractivity contribution in [3.63, 3.8) is 0 Å². The number of rotatable bonds is 24. The molecule has 0 saturated heterocycles. The van der Waals surface area contributed by atoms with Crippen LogP contribution in [-0.4, -0.2) is 72.6 Å². The molecule has 0 aliphatic rings. The summed E-state index contributed by atoms with van der Waals surface area (Å²) in [5, 5.41) is 0. The summed E-state index contributed by atoms with van der Waals surface area (Å²) < 4.78 is 26.6.